The van der Waals surface area contributed by atoms with Gasteiger partial charge >= 0.3 is 0 Å². The van der Waals surface area contributed by atoms with E-state index in [1.54, 1.807) is 0 Å². The highest BCUT2D eigenvalue weighted by Crippen LogP contribution is 2.19. The molecule has 0 spiro atoms. The number of nitrogens with zero attached hydrogens (tertiary/aromatic N) is 3. The fraction of sp³-hybridized carbons (Fsp3) is 0.769. The van der Waals surface area contributed by atoms with Crippen molar-refractivity contribution in [2.24, 2.45) is 5.73 Å². The first-order valence-electron chi connectivity index (χ1n) is 6.99. The Kier molecular flexibility index (Phi) is 4.47. The van der Waals surface area contributed by atoms with E-state index in [0.29, 0.717) is 5.95 Å². The molecule has 0 bridgehead atoms. The second kappa shape index (κ2) is 6.09. The zero-order valence-electron chi connectivity index (χ0n) is 11.3. The summed E-state index contributed by atoms with van der Waals surface area (Å²) in [5, 5.41) is 11.7. The minimum absolute atomic E-state index is 0.207. The molecule has 0 aromatic carbocycles. The predicted octanol–water partition coefficient (Wildman–Crippen LogP) is 1.68. The van der Waals surface area contributed by atoms with Gasteiger partial charge in [0.1, 0.15) is 0 Å². The molecule has 5 heteroatoms. The Bertz CT molecular complexity index is 393. The van der Waals surface area contributed by atoms with Gasteiger partial charge in [-0.1, -0.05) is 26.7 Å². The minimum atomic E-state index is 0.207. The van der Waals surface area contributed by atoms with Crippen molar-refractivity contribution in [3.05, 3.63) is 11.4 Å². The molecule has 0 aliphatic heterocycles. The molecule has 100 valence electrons. The van der Waals surface area contributed by atoms with Crippen LogP contribution >= 0.6 is 0 Å². The van der Waals surface area contributed by atoms with Crippen LogP contribution in [0.5, 0.6) is 0 Å². The maximum atomic E-state index is 6.11. The highest BCUT2D eigenvalue weighted by atomic mass is 15.3. The molecule has 1 fully saturated rings. The van der Waals surface area contributed by atoms with Gasteiger partial charge in [-0.25, -0.2) is 4.98 Å². The molecule has 1 saturated carbocycles. The van der Waals surface area contributed by atoms with Gasteiger partial charge in [0.05, 0.1) is 11.4 Å². The topological polar surface area (TPSA) is 76.7 Å². The van der Waals surface area contributed by atoms with E-state index in [4.69, 9.17) is 5.73 Å². The zero-order valence-corrected chi connectivity index (χ0v) is 11.3. The number of hydrogen-bond acceptors (Lipinski definition) is 5. The summed E-state index contributed by atoms with van der Waals surface area (Å²) in [6, 6.07) is 0.496. The molecule has 2 atom stereocenters. The second-order valence-corrected chi connectivity index (χ2v) is 4.94. The number of nitrogens with two attached hydrogens (primary N) is 1. The normalized spacial score (nSPS) is 23.9. The van der Waals surface area contributed by atoms with Crippen molar-refractivity contribution in [2.75, 3.05) is 5.32 Å². The maximum Gasteiger partial charge on any atom is 0.243 e. The number of hydrogen-bond donors (Lipinski definition) is 2. The van der Waals surface area contributed by atoms with Gasteiger partial charge in [0.25, 0.3) is 0 Å². The van der Waals surface area contributed by atoms with Crippen molar-refractivity contribution in [3.63, 3.8) is 0 Å². The first-order valence-corrected chi connectivity index (χ1v) is 6.99. The fourth-order valence-electron chi connectivity index (χ4n) is 2.50. The molecule has 0 radical (unpaired) electrons. The quantitative estimate of drug-likeness (QED) is 0.849. The molecule has 5 nitrogen and oxygen atoms in total. The van der Waals surface area contributed by atoms with E-state index in [2.05, 4.69) is 34.3 Å². The lowest BCUT2D eigenvalue weighted by Crippen LogP contribution is -2.43. The third kappa shape index (κ3) is 2.96. The Hall–Kier alpha value is -1.23. The van der Waals surface area contributed by atoms with Gasteiger partial charge in [0.15, 0.2) is 0 Å². The first-order chi connectivity index (χ1) is 8.74. The van der Waals surface area contributed by atoms with Crippen LogP contribution in [0.2, 0.25) is 0 Å². The summed E-state index contributed by atoms with van der Waals surface area (Å²) in [5.74, 6) is 0.631. The molecule has 0 amide bonds. The monoisotopic (exact) mass is 249 g/mol. The summed E-state index contributed by atoms with van der Waals surface area (Å²) in [6.45, 7) is 4.17. The van der Waals surface area contributed by atoms with Crippen LogP contribution < -0.4 is 11.1 Å². The standard InChI is InChI=1S/C13H23N5/c1-3-10-11(4-2)17-18-13(15-10)16-12-8-6-5-7-9(12)14/h9,12H,3-8,14H2,1-2H3,(H,15,16,18)/t9-,12-/m1/s1. The average molecular weight is 249 g/mol. The SMILES string of the molecule is CCc1nnc(N[C@@H]2CCCC[C@H]2N)nc1CC. The number of aromatic nitrogens is 3. The fourth-order valence-corrected chi connectivity index (χ4v) is 2.50. The number of anilines is 1. The van der Waals surface area contributed by atoms with Crippen LogP contribution in [0.25, 0.3) is 0 Å². The molecule has 1 heterocycles. The highest BCUT2D eigenvalue weighted by molar-refractivity contribution is 5.28. The summed E-state index contributed by atoms with van der Waals surface area (Å²) in [4.78, 5) is 4.55. The van der Waals surface area contributed by atoms with Gasteiger partial charge in [-0.3, -0.25) is 0 Å². The predicted molar refractivity (Wildman–Crippen MR) is 72.4 cm³/mol. The highest BCUT2D eigenvalue weighted by Gasteiger charge is 2.22. The maximum absolute atomic E-state index is 6.11. The van der Waals surface area contributed by atoms with Gasteiger partial charge in [0, 0.05) is 12.1 Å². The summed E-state index contributed by atoms with van der Waals surface area (Å²) < 4.78 is 0. The van der Waals surface area contributed by atoms with Crippen LogP contribution in [0.15, 0.2) is 0 Å². The molecule has 1 aromatic heterocycles. The molecular weight excluding hydrogens is 226 g/mol. The van der Waals surface area contributed by atoms with Crippen molar-refractivity contribution in [1.82, 2.24) is 15.2 Å². The van der Waals surface area contributed by atoms with Gasteiger partial charge in [0.2, 0.25) is 5.95 Å². The van der Waals surface area contributed by atoms with Crippen LogP contribution in [0, 0.1) is 0 Å². The van der Waals surface area contributed by atoms with Gasteiger partial charge in [-0.2, -0.15) is 5.10 Å². The molecule has 1 aliphatic rings. The Morgan fingerprint density at radius 3 is 2.50 bits per heavy atom. The van der Waals surface area contributed by atoms with Crippen molar-refractivity contribution >= 4 is 5.95 Å². The van der Waals surface area contributed by atoms with E-state index < -0.39 is 0 Å². The number of aryl methyl sites for hydroxylation is 2. The van der Waals surface area contributed by atoms with Crippen molar-refractivity contribution in [3.8, 4) is 0 Å². The van der Waals surface area contributed by atoms with Gasteiger partial charge in [-0.15, -0.1) is 5.10 Å². The number of rotatable bonds is 4. The molecule has 0 unspecified atom stereocenters. The van der Waals surface area contributed by atoms with E-state index >= 15 is 0 Å². The Balaban J connectivity index is 2.08. The van der Waals surface area contributed by atoms with Crippen molar-refractivity contribution in [2.45, 2.75) is 64.5 Å². The van der Waals surface area contributed by atoms with Crippen LogP contribution in [-0.4, -0.2) is 27.3 Å². The Morgan fingerprint density at radius 2 is 1.83 bits per heavy atom. The minimum Gasteiger partial charge on any atom is -0.349 e. The second-order valence-electron chi connectivity index (χ2n) is 4.94. The first kappa shape index (κ1) is 13.2. The van der Waals surface area contributed by atoms with E-state index in [9.17, 15) is 0 Å². The van der Waals surface area contributed by atoms with Crippen LogP contribution in [0.1, 0.15) is 50.9 Å². The molecule has 0 saturated heterocycles. The van der Waals surface area contributed by atoms with Crippen molar-refractivity contribution in [1.29, 1.82) is 0 Å². The smallest absolute Gasteiger partial charge is 0.243 e. The van der Waals surface area contributed by atoms with Gasteiger partial charge in [-0.05, 0) is 25.7 Å². The Morgan fingerprint density at radius 1 is 1.11 bits per heavy atom. The van der Waals surface area contributed by atoms with Crippen LogP contribution in [-0.2, 0) is 12.8 Å². The summed E-state index contributed by atoms with van der Waals surface area (Å²) in [5.41, 5.74) is 8.15. The van der Waals surface area contributed by atoms with Crippen LogP contribution in [0.4, 0.5) is 5.95 Å². The Labute approximate surface area is 109 Å². The summed E-state index contributed by atoms with van der Waals surface area (Å²) in [7, 11) is 0. The summed E-state index contributed by atoms with van der Waals surface area (Å²) in [6.07, 6.45) is 6.41. The number of nitrogens with one attached hydrogen (secondary N) is 1. The molecule has 1 aliphatic carbocycles. The largest absolute Gasteiger partial charge is 0.349 e. The molecule has 2 rings (SSSR count). The van der Waals surface area contributed by atoms with Crippen LogP contribution in [0.3, 0.4) is 0 Å². The third-order valence-corrected chi connectivity index (χ3v) is 3.64. The summed E-state index contributed by atoms with van der Waals surface area (Å²) >= 11 is 0. The van der Waals surface area contributed by atoms with E-state index in [1.165, 1.54) is 12.8 Å². The lowest BCUT2D eigenvalue weighted by atomic mass is 9.91. The van der Waals surface area contributed by atoms with E-state index in [1.807, 2.05) is 0 Å². The van der Waals surface area contributed by atoms with E-state index in [0.717, 1.165) is 37.1 Å². The lowest BCUT2D eigenvalue weighted by Gasteiger charge is -2.29. The van der Waals surface area contributed by atoms with Crippen molar-refractivity contribution < 1.29 is 0 Å². The van der Waals surface area contributed by atoms with Gasteiger partial charge < -0.3 is 11.1 Å². The molecule has 3 N–H and O–H groups in total. The average Bonchev–Trinajstić information content (AvgIpc) is 2.41. The molecule has 1 aromatic rings. The zero-order chi connectivity index (χ0) is 13.0. The third-order valence-electron chi connectivity index (χ3n) is 3.64. The lowest BCUT2D eigenvalue weighted by molar-refractivity contribution is 0.402. The van der Waals surface area contributed by atoms with E-state index in [-0.39, 0.29) is 12.1 Å². The molecular formula is C13H23N5. The molecule has 18 heavy (non-hydrogen) atoms.